The van der Waals surface area contributed by atoms with E-state index in [0.29, 0.717) is 11.8 Å². The van der Waals surface area contributed by atoms with Crippen molar-refractivity contribution in [2.75, 3.05) is 0 Å². The monoisotopic (exact) mass is 300 g/mol. The van der Waals surface area contributed by atoms with E-state index in [0.717, 1.165) is 6.42 Å². The van der Waals surface area contributed by atoms with E-state index in [2.05, 4.69) is 73.7 Å². The molecule has 0 heteroatoms. The van der Waals surface area contributed by atoms with Gasteiger partial charge in [-0.3, -0.25) is 0 Å². The lowest BCUT2D eigenvalue weighted by molar-refractivity contribution is 0.522. The molecule has 1 atom stereocenters. The molecule has 0 saturated heterocycles. The summed E-state index contributed by atoms with van der Waals surface area (Å²) >= 11 is 0. The van der Waals surface area contributed by atoms with Crippen LogP contribution in [0.25, 0.3) is 11.1 Å². The maximum Gasteiger partial charge on any atom is 0.00216 e. The summed E-state index contributed by atoms with van der Waals surface area (Å²) < 4.78 is 0. The molecule has 2 aromatic rings. The molecule has 0 N–H and O–H groups in total. The second-order valence-electron chi connectivity index (χ2n) is 6.80. The van der Waals surface area contributed by atoms with Gasteiger partial charge in [-0.1, -0.05) is 86.5 Å². The van der Waals surface area contributed by atoms with Crippen molar-refractivity contribution >= 4 is 0 Å². The second-order valence-corrected chi connectivity index (χ2v) is 6.80. The molecule has 2 aliphatic rings. The first-order valence-corrected chi connectivity index (χ1v) is 8.93. The minimum absolute atomic E-state index is 0.566. The Kier molecular flexibility index (Phi) is 3.91. The normalized spacial score (nSPS) is 16.6. The van der Waals surface area contributed by atoms with Crippen molar-refractivity contribution < 1.29 is 0 Å². The fraction of sp³-hybridized carbons (Fsp3) is 0.304. The number of benzene rings is 2. The lowest BCUT2D eigenvalue weighted by Gasteiger charge is -2.24. The zero-order valence-corrected chi connectivity index (χ0v) is 13.8. The maximum atomic E-state index is 2.38. The fourth-order valence-electron chi connectivity index (χ4n) is 4.23. The SMILES string of the molecule is CCCCC(c1cccc2c1Cc1ccccc1-2)C1C=CC=C1. The van der Waals surface area contributed by atoms with Gasteiger partial charge in [0.1, 0.15) is 0 Å². The number of rotatable bonds is 5. The summed E-state index contributed by atoms with van der Waals surface area (Å²) in [6, 6.07) is 15.8. The van der Waals surface area contributed by atoms with Crippen LogP contribution in [0.4, 0.5) is 0 Å². The molecule has 0 fully saturated rings. The highest BCUT2D eigenvalue weighted by molar-refractivity contribution is 5.78. The second kappa shape index (κ2) is 6.20. The van der Waals surface area contributed by atoms with Gasteiger partial charge in [-0.25, -0.2) is 0 Å². The zero-order valence-electron chi connectivity index (χ0n) is 13.8. The molecule has 0 aromatic heterocycles. The van der Waals surface area contributed by atoms with Crippen LogP contribution >= 0.6 is 0 Å². The van der Waals surface area contributed by atoms with Gasteiger partial charge in [0.2, 0.25) is 0 Å². The molecule has 0 bridgehead atoms. The van der Waals surface area contributed by atoms with Gasteiger partial charge in [-0.2, -0.15) is 0 Å². The van der Waals surface area contributed by atoms with Crippen molar-refractivity contribution in [3.63, 3.8) is 0 Å². The molecule has 116 valence electrons. The van der Waals surface area contributed by atoms with Gasteiger partial charge >= 0.3 is 0 Å². The molecule has 0 aliphatic heterocycles. The predicted octanol–water partition coefficient (Wildman–Crippen LogP) is 6.27. The first kappa shape index (κ1) is 14.5. The lowest BCUT2D eigenvalue weighted by Crippen LogP contribution is -2.10. The van der Waals surface area contributed by atoms with E-state index < -0.39 is 0 Å². The molecule has 0 nitrogen and oxygen atoms in total. The van der Waals surface area contributed by atoms with Gasteiger partial charge in [0.25, 0.3) is 0 Å². The zero-order chi connectivity index (χ0) is 15.6. The fourth-order valence-corrected chi connectivity index (χ4v) is 4.23. The number of unbranched alkanes of at least 4 members (excludes halogenated alkanes) is 1. The third kappa shape index (κ3) is 2.57. The molecule has 0 radical (unpaired) electrons. The minimum atomic E-state index is 0.566. The van der Waals surface area contributed by atoms with Gasteiger partial charge < -0.3 is 0 Å². The Bertz CT molecular complexity index is 751. The summed E-state index contributed by atoms with van der Waals surface area (Å²) in [6.07, 6.45) is 14.1. The van der Waals surface area contributed by atoms with Crippen LogP contribution in [0.1, 0.15) is 48.8 Å². The van der Waals surface area contributed by atoms with E-state index in [1.54, 1.807) is 11.1 Å². The Morgan fingerprint density at radius 1 is 0.957 bits per heavy atom. The summed E-state index contributed by atoms with van der Waals surface area (Å²) in [4.78, 5) is 0. The standard InChI is InChI=1S/C23H24/c1-2-3-12-19(17-9-4-5-10-17)21-14-8-15-22-20-13-7-6-11-18(20)16-23(21)22/h4-11,13-15,17,19H,2-3,12,16H2,1H3. The van der Waals surface area contributed by atoms with Gasteiger partial charge in [0.05, 0.1) is 0 Å². The van der Waals surface area contributed by atoms with Crippen LogP contribution in [0.5, 0.6) is 0 Å². The smallest absolute Gasteiger partial charge is 0.00216 e. The highest BCUT2D eigenvalue weighted by Gasteiger charge is 2.27. The summed E-state index contributed by atoms with van der Waals surface area (Å²) in [5, 5.41) is 0. The van der Waals surface area contributed by atoms with Crippen LogP contribution in [0, 0.1) is 5.92 Å². The molecule has 23 heavy (non-hydrogen) atoms. The average Bonchev–Trinajstić information content (AvgIpc) is 3.23. The Hall–Kier alpha value is -2.08. The summed E-state index contributed by atoms with van der Waals surface area (Å²) in [5.74, 6) is 1.19. The van der Waals surface area contributed by atoms with Crippen LogP contribution < -0.4 is 0 Å². The lowest BCUT2D eigenvalue weighted by atomic mass is 9.80. The Labute approximate surface area is 139 Å². The molecule has 0 heterocycles. The van der Waals surface area contributed by atoms with E-state index in [4.69, 9.17) is 0 Å². The third-order valence-corrected chi connectivity index (χ3v) is 5.40. The van der Waals surface area contributed by atoms with Gasteiger partial charge in [-0.05, 0) is 46.6 Å². The van der Waals surface area contributed by atoms with E-state index >= 15 is 0 Å². The Morgan fingerprint density at radius 3 is 2.57 bits per heavy atom. The van der Waals surface area contributed by atoms with Crippen LogP contribution in [0.3, 0.4) is 0 Å². The summed E-state index contributed by atoms with van der Waals surface area (Å²) in [5.41, 5.74) is 7.54. The highest BCUT2D eigenvalue weighted by atomic mass is 14.3. The van der Waals surface area contributed by atoms with Crippen molar-refractivity contribution in [2.45, 2.75) is 38.5 Å². The van der Waals surface area contributed by atoms with E-state index in [-0.39, 0.29) is 0 Å². The van der Waals surface area contributed by atoms with E-state index in [9.17, 15) is 0 Å². The van der Waals surface area contributed by atoms with Crippen LogP contribution in [0.15, 0.2) is 66.8 Å². The largest absolute Gasteiger partial charge is 0.0770 e. The Balaban J connectivity index is 1.76. The van der Waals surface area contributed by atoms with Crippen molar-refractivity contribution in [1.82, 2.24) is 0 Å². The molecular formula is C23H24. The number of fused-ring (bicyclic) bond motifs is 3. The van der Waals surface area contributed by atoms with Crippen LogP contribution in [-0.2, 0) is 6.42 Å². The number of allylic oxidation sites excluding steroid dienone is 4. The average molecular weight is 300 g/mol. The molecule has 1 unspecified atom stereocenters. The molecule has 4 rings (SSSR count). The number of hydrogen-bond acceptors (Lipinski definition) is 0. The van der Waals surface area contributed by atoms with E-state index in [1.165, 1.54) is 36.0 Å². The molecule has 0 saturated carbocycles. The first-order valence-electron chi connectivity index (χ1n) is 8.93. The molecule has 0 spiro atoms. The van der Waals surface area contributed by atoms with Gasteiger partial charge in [0, 0.05) is 5.92 Å². The maximum absolute atomic E-state index is 2.38. The summed E-state index contributed by atoms with van der Waals surface area (Å²) in [6.45, 7) is 2.29. The van der Waals surface area contributed by atoms with Crippen molar-refractivity contribution in [3.8, 4) is 11.1 Å². The van der Waals surface area contributed by atoms with Crippen molar-refractivity contribution in [1.29, 1.82) is 0 Å². The quantitative estimate of drug-likeness (QED) is 0.520. The topological polar surface area (TPSA) is 0 Å². The van der Waals surface area contributed by atoms with Crippen LogP contribution in [0.2, 0.25) is 0 Å². The number of hydrogen-bond donors (Lipinski definition) is 0. The van der Waals surface area contributed by atoms with Crippen molar-refractivity contribution in [2.24, 2.45) is 5.92 Å². The van der Waals surface area contributed by atoms with Crippen LogP contribution in [-0.4, -0.2) is 0 Å². The highest BCUT2D eigenvalue weighted by Crippen LogP contribution is 2.43. The molecule has 0 amide bonds. The van der Waals surface area contributed by atoms with E-state index in [1.807, 2.05) is 0 Å². The molecule has 2 aliphatic carbocycles. The third-order valence-electron chi connectivity index (χ3n) is 5.40. The molecule has 2 aromatic carbocycles. The van der Waals surface area contributed by atoms with Crippen molar-refractivity contribution in [3.05, 3.63) is 83.5 Å². The molecular weight excluding hydrogens is 276 g/mol. The minimum Gasteiger partial charge on any atom is -0.0770 e. The van der Waals surface area contributed by atoms with Gasteiger partial charge in [0.15, 0.2) is 0 Å². The first-order chi connectivity index (χ1) is 11.4. The summed E-state index contributed by atoms with van der Waals surface area (Å²) in [7, 11) is 0. The Morgan fingerprint density at radius 2 is 1.74 bits per heavy atom. The predicted molar refractivity (Wildman–Crippen MR) is 98.7 cm³/mol. The van der Waals surface area contributed by atoms with Gasteiger partial charge in [-0.15, -0.1) is 0 Å².